The summed E-state index contributed by atoms with van der Waals surface area (Å²) in [5, 5.41) is 0.836. The van der Waals surface area contributed by atoms with Gasteiger partial charge in [0.05, 0.1) is 11.2 Å². The van der Waals surface area contributed by atoms with Crippen LogP contribution in [0.3, 0.4) is 0 Å². The fourth-order valence-electron chi connectivity index (χ4n) is 3.89. The quantitative estimate of drug-likeness (QED) is 0.663. The first-order valence-electron chi connectivity index (χ1n) is 9.91. The lowest BCUT2D eigenvalue weighted by Crippen LogP contribution is -2.38. The molecular formula is C22H19F3N4O3. The van der Waals surface area contributed by atoms with Crippen LogP contribution in [-0.2, 0) is 0 Å². The van der Waals surface area contributed by atoms with Crippen molar-refractivity contribution in [2.24, 2.45) is 5.73 Å². The van der Waals surface area contributed by atoms with Gasteiger partial charge in [-0.1, -0.05) is 6.07 Å². The summed E-state index contributed by atoms with van der Waals surface area (Å²) in [5.41, 5.74) is 7.49. The van der Waals surface area contributed by atoms with Crippen molar-refractivity contribution in [3.05, 3.63) is 65.6 Å². The Labute approximate surface area is 181 Å². The van der Waals surface area contributed by atoms with Crippen LogP contribution in [0.5, 0.6) is 5.75 Å². The molecule has 0 atom stereocenters. The number of aromatic nitrogens is 2. The number of ether oxygens (including phenoxy) is 1. The van der Waals surface area contributed by atoms with Crippen molar-refractivity contribution in [3.8, 4) is 5.75 Å². The Balaban J connectivity index is 1.44. The number of piperidine rings is 1. The number of alkyl halides is 3. The highest BCUT2D eigenvalue weighted by Gasteiger charge is 2.31. The van der Waals surface area contributed by atoms with Crippen LogP contribution in [0.25, 0.3) is 10.9 Å². The van der Waals surface area contributed by atoms with Crippen molar-refractivity contribution in [1.82, 2.24) is 14.9 Å². The first-order chi connectivity index (χ1) is 15.2. The number of halogens is 3. The number of primary amides is 1. The first-order valence-corrected chi connectivity index (χ1v) is 9.91. The van der Waals surface area contributed by atoms with Crippen LogP contribution < -0.4 is 10.5 Å². The fourth-order valence-corrected chi connectivity index (χ4v) is 3.89. The van der Waals surface area contributed by atoms with E-state index in [1.165, 1.54) is 18.5 Å². The molecule has 2 heterocycles. The molecule has 2 aromatic carbocycles. The summed E-state index contributed by atoms with van der Waals surface area (Å²) >= 11 is 0. The maximum atomic E-state index is 12.7. The second kappa shape index (κ2) is 8.45. The van der Waals surface area contributed by atoms with E-state index in [9.17, 15) is 22.8 Å². The van der Waals surface area contributed by atoms with Crippen LogP contribution in [0.4, 0.5) is 13.2 Å². The number of carbonyl (C=O) groups is 2. The molecular weight excluding hydrogens is 425 g/mol. The Morgan fingerprint density at radius 1 is 1.00 bits per heavy atom. The Kier molecular flexibility index (Phi) is 5.68. The first kappa shape index (κ1) is 21.5. The number of likely N-dealkylation sites (tertiary alicyclic amines) is 1. The minimum atomic E-state index is -4.78. The van der Waals surface area contributed by atoms with Crippen LogP contribution in [-0.4, -0.2) is 46.1 Å². The Morgan fingerprint density at radius 2 is 1.66 bits per heavy atom. The predicted octanol–water partition coefficient (Wildman–Crippen LogP) is 3.65. The fraction of sp³-hybridized carbons (Fsp3) is 0.273. The third kappa shape index (κ3) is 4.63. The molecule has 0 unspecified atom stereocenters. The average Bonchev–Trinajstić information content (AvgIpc) is 2.77. The molecule has 32 heavy (non-hydrogen) atoms. The summed E-state index contributed by atoms with van der Waals surface area (Å²) in [6, 6.07) is 9.96. The number of carbonyl (C=O) groups excluding carboxylic acids is 2. The lowest BCUT2D eigenvalue weighted by atomic mass is 9.90. The molecule has 0 spiro atoms. The van der Waals surface area contributed by atoms with Gasteiger partial charge in [-0.3, -0.25) is 9.59 Å². The molecule has 1 aliphatic rings. The number of benzene rings is 2. The molecule has 0 aliphatic carbocycles. The third-order valence-electron chi connectivity index (χ3n) is 5.46. The van der Waals surface area contributed by atoms with E-state index >= 15 is 0 Å². The van der Waals surface area contributed by atoms with Crippen molar-refractivity contribution in [3.63, 3.8) is 0 Å². The minimum absolute atomic E-state index is 0.103. The molecule has 0 saturated carbocycles. The average molecular weight is 444 g/mol. The zero-order valence-electron chi connectivity index (χ0n) is 16.8. The molecule has 1 fully saturated rings. The lowest BCUT2D eigenvalue weighted by Gasteiger charge is -2.32. The van der Waals surface area contributed by atoms with Gasteiger partial charge >= 0.3 is 6.36 Å². The van der Waals surface area contributed by atoms with Gasteiger partial charge in [0.2, 0.25) is 5.91 Å². The maximum Gasteiger partial charge on any atom is 0.573 e. The van der Waals surface area contributed by atoms with E-state index in [2.05, 4.69) is 14.7 Å². The van der Waals surface area contributed by atoms with Crippen LogP contribution >= 0.6 is 0 Å². The Bertz CT molecular complexity index is 1160. The SMILES string of the molecule is NC(=O)c1ccc2c(C3CCN(C(=O)c4ccc(OC(F)(F)F)cc4)CC3)ncnc2c1. The molecule has 0 radical (unpaired) electrons. The Hall–Kier alpha value is -3.69. The highest BCUT2D eigenvalue weighted by Crippen LogP contribution is 2.32. The number of rotatable bonds is 4. The predicted molar refractivity (Wildman–Crippen MR) is 109 cm³/mol. The third-order valence-corrected chi connectivity index (χ3v) is 5.46. The van der Waals surface area contributed by atoms with E-state index in [-0.39, 0.29) is 17.6 Å². The van der Waals surface area contributed by atoms with Gasteiger partial charge in [0, 0.05) is 35.5 Å². The molecule has 10 heteroatoms. The normalized spacial score (nSPS) is 15.0. The topological polar surface area (TPSA) is 98.4 Å². The van der Waals surface area contributed by atoms with Crippen LogP contribution in [0.1, 0.15) is 45.2 Å². The second-order valence-corrected chi connectivity index (χ2v) is 7.49. The molecule has 4 rings (SSSR count). The molecule has 1 saturated heterocycles. The molecule has 3 aromatic rings. The molecule has 7 nitrogen and oxygen atoms in total. The summed E-state index contributed by atoms with van der Waals surface area (Å²) in [6.07, 6.45) is -1.99. The number of hydrogen-bond acceptors (Lipinski definition) is 5. The van der Waals surface area contributed by atoms with Gasteiger partial charge in [-0.05, 0) is 49.2 Å². The van der Waals surface area contributed by atoms with Crippen molar-refractivity contribution in [2.45, 2.75) is 25.1 Å². The molecule has 166 valence electrons. The van der Waals surface area contributed by atoms with Crippen LogP contribution in [0.2, 0.25) is 0 Å². The largest absolute Gasteiger partial charge is 0.573 e. The van der Waals surface area contributed by atoms with Gasteiger partial charge in [-0.25, -0.2) is 9.97 Å². The summed E-state index contributed by atoms with van der Waals surface area (Å²) in [6.45, 7) is 0.963. The van der Waals surface area contributed by atoms with Crippen molar-refractivity contribution < 1.29 is 27.5 Å². The summed E-state index contributed by atoms with van der Waals surface area (Å²) in [4.78, 5) is 34.5. The number of nitrogens with zero attached hydrogens (tertiary/aromatic N) is 3. The van der Waals surface area contributed by atoms with Crippen LogP contribution in [0, 0.1) is 0 Å². The number of amides is 2. The van der Waals surface area contributed by atoms with E-state index in [1.54, 1.807) is 23.1 Å². The molecule has 2 amide bonds. The van der Waals surface area contributed by atoms with Crippen molar-refractivity contribution >= 4 is 22.7 Å². The van der Waals surface area contributed by atoms with Gasteiger partial charge < -0.3 is 15.4 Å². The molecule has 1 aliphatic heterocycles. The number of fused-ring (bicyclic) bond motifs is 1. The molecule has 0 bridgehead atoms. The lowest BCUT2D eigenvalue weighted by molar-refractivity contribution is -0.274. The minimum Gasteiger partial charge on any atom is -0.406 e. The van der Waals surface area contributed by atoms with Gasteiger partial charge in [-0.2, -0.15) is 0 Å². The molecule has 1 aromatic heterocycles. The van der Waals surface area contributed by atoms with Crippen molar-refractivity contribution in [2.75, 3.05) is 13.1 Å². The van der Waals surface area contributed by atoms with E-state index in [4.69, 9.17) is 5.73 Å². The zero-order valence-corrected chi connectivity index (χ0v) is 16.8. The van der Waals surface area contributed by atoms with Gasteiger partial charge in [0.15, 0.2) is 0 Å². The number of nitrogens with two attached hydrogens (primary N) is 1. The van der Waals surface area contributed by atoms with Crippen molar-refractivity contribution in [1.29, 1.82) is 0 Å². The van der Waals surface area contributed by atoms with E-state index in [1.807, 2.05) is 0 Å². The zero-order chi connectivity index (χ0) is 22.9. The highest BCUT2D eigenvalue weighted by molar-refractivity contribution is 5.97. The summed E-state index contributed by atoms with van der Waals surface area (Å²) in [5.74, 6) is -1.05. The van der Waals surface area contributed by atoms with E-state index in [0.29, 0.717) is 42.6 Å². The van der Waals surface area contributed by atoms with E-state index < -0.39 is 12.3 Å². The number of hydrogen-bond donors (Lipinski definition) is 1. The standard InChI is InChI=1S/C22H19F3N4O3/c23-22(24,25)32-16-4-1-14(2-5-16)21(31)29-9-7-13(8-10-29)19-17-6-3-15(20(26)30)11-18(17)27-12-28-19/h1-6,11-13H,7-10H2,(H2,26,30). The monoisotopic (exact) mass is 444 g/mol. The second-order valence-electron chi connectivity index (χ2n) is 7.49. The van der Waals surface area contributed by atoms with E-state index in [0.717, 1.165) is 23.2 Å². The van der Waals surface area contributed by atoms with Gasteiger partial charge in [-0.15, -0.1) is 13.2 Å². The summed E-state index contributed by atoms with van der Waals surface area (Å²) in [7, 11) is 0. The molecule has 2 N–H and O–H groups in total. The van der Waals surface area contributed by atoms with Gasteiger partial charge in [0.1, 0.15) is 12.1 Å². The maximum absolute atomic E-state index is 12.7. The van der Waals surface area contributed by atoms with Crippen LogP contribution in [0.15, 0.2) is 48.8 Å². The van der Waals surface area contributed by atoms with Gasteiger partial charge in [0.25, 0.3) is 5.91 Å². The smallest absolute Gasteiger partial charge is 0.406 e. The Morgan fingerprint density at radius 3 is 2.28 bits per heavy atom. The highest BCUT2D eigenvalue weighted by atomic mass is 19.4. The summed E-state index contributed by atoms with van der Waals surface area (Å²) < 4.78 is 40.7.